The highest BCUT2D eigenvalue weighted by Crippen LogP contribution is 2.24. The van der Waals surface area contributed by atoms with Crippen molar-refractivity contribution in [2.24, 2.45) is 0 Å². The number of amides is 1. The molecule has 6 heteroatoms. The smallest absolute Gasteiger partial charge is 0.275 e. The van der Waals surface area contributed by atoms with Crippen LogP contribution >= 0.6 is 0 Å². The summed E-state index contributed by atoms with van der Waals surface area (Å²) in [7, 11) is 0. The molecular weight excluding hydrogens is 318 g/mol. The summed E-state index contributed by atoms with van der Waals surface area (Å²) in [6.45, 7) is 6.07. The highest BCUT2D eigenvalue weighted by Gasteiger charge is 2.32. The number of rotatable bonds is 3. The molecule has 1 N–H and O–H groups in total. The first-order chi connectivity index (χ1) is 11.9. The molecule has 0 radical (unpaired) electrons. The van der Waals surface area contributed by atoms with Crippen LogP contribution in [0.3, 0.4) is 0 Å². The standard InChI is InChI=1S/C19H25N3O3/c1-12(2)22-18(24)15-9-5-4-8-14(15)17(20-22)19(25)21-11-7-6-10-16(21)13(3)23/h4-5,8-9,12-13,16,23H,6-7,10-11H2,1-3H3. The molecule has 0 spiro atoms. The van der Waals surface area contributed by atoms with Crippen LogP contribution in [0.2, 0.25) is 0 Å². The molecule has 1 fully saturated rings. The van der Waals surface area contributed by atoms with Crippen molar-refractivity contribution in [1.29, 1.82) is 0 Å². The van der Waals surface area contributed by atoms with E-state index in [0.29, 0.717) is 17.3 Å². The van der Waals surface area contributed by atoms with Crippen LogP contribution in [0, 0.1) is 0 Å². The number of benzene rings is 1. The van der Waals surface area contributed by atoms with E-state index in [1.54, 1.807) is 30.0 Å². The van der Waals surface area contributed by atoms with E-state index in [2.05, 4.69) is 5.10 Å². The Kier molecular flexibility index (Phi) is 4.90. The van der Waals surface area contributed by atoms with Crippen LogP contribution in [-0.2, 0) is 0 Å². The van der Waals surface area contributed by atoms with E-state index in [1.165, 1.54) is 4.68 Å². The fourth-order valence-corrected chi connectivity index (χ4v) is 3.56. The molecule has 134 valence electrons. The van der Waals surface area contributed by atoms with Crippen LogP contribution in [-0.4, -0.2) is 44.4 Å². The Labute approximate surface area is 147 Å². The molecule has 3 rings (SSSR count). The molecule has 1 amide bonds. The average molecular weight is 343 g/mol. The molecule has 0 saturated carbocycles. The molecule has 2 atom stereocenters. The van der Waals surface area contributed by atoms with E-state index in [-0.39, 0.29) is 29.2 Å². The summed E-state index contributed by atoms with van der Waals surface area (Å²) < 4.78 is 1.37. The summed E-state index contributed by atoms with van der Waals surface area (Å²) >= 11 is 0. The molecule has 2 aromatic rings. The molecule has 1 aromatic heterocycles. The van der Waals surface area contributed by atoms with Gasteiger partial charge in [0, 0.05) is 11.9 Å². The number of aromatic nitrogens is 2. The van der Waals surface area contributed by atoms with Gasteiger partial charge in [-0.05, 0) is 46.1 Å². The summed E-state index contributed by atoms with van der Waals surface area (Å²) in [4.78, 5) is 27.6. The van der Waals surface area contributed by atoms with Gasteiger partial charge in [0.15, 0.2) is 5.69 Å². The van der Waals surface area contributed by atoms with E-state index < -0.39 is 6.10 Å². The van der Waals surface area contributed by atoms with Crippen molar-refractivity contribution in [3.05, 3.63) is 40.3 Å². The number of hydrogen-bond donors (Lipinski definition) is 1. The van der Waals surface area contributed by atoms with Gasteiger partial charge in [0.1, 0.15) is 0 Å². The zero-order chi connectivity index (χ0) is 18.1. The monoisotopic (exact) mass is 343 g/mol. The SMILES string of the molecule is CC(O)C1CCCCN1C(=O)c1nn(C(C)C)c(=O)c2ccccc12. The lowest BCUT2D eigenvalue weighted by Crippen LogP contribution is -2.49. The minimum Gasteiger partial charge on any atom is -0.391 e. The third-order valence-electron chi connectivity index (χ3n) is 4.89. The second kappa shape index (κ2) is 6.96. The topological polar surface area (TPSA) is 75.4 Å². The number of likely N-dealkylation sites (tertiary alicyclic amines) is 1. The van der Waals surface area contributed by atoms with Gasteiger partial charge in [-0.1, -0.05) is 18.2 Å². The Morgan fingerprint density at radius 2 is 1.88 bits per heavy atom. The lowest BCUT2D eigenvalue weighted by Gasteiger charge is -2.37. The van der Waals surface area contributed by atoms with Crippen molar-refractivity contribution in [3.63, 3.8) is 0 Å². The first-order valence-corrected chi connectivity index (χ1v) is 8.92. The maximum absolute atomic E-state index is 13.3. The average Bonchev–Trinajstić information content (AvgIpc) is 2.61. The number of carbonyl (C=O) groups excluding carboxylic acids is 1. The Balaban J connectivity index is 2.15. The van der Waals surface area contributed by atoms with Crippen LogP contribution in [0.5, 0.6) is 0 Å². The molecule has 25 heavy (non-hydrogen) atoms. The van der Waals surface area contributed by atoms with Gasteiger partial charge in [-0.3, -0.25) is 9.59 Å². The summed E-state index contributed by atoms with van der Waals surface area (Å²) in [5.74, 6) is -0.212. The molecule has 1 saturated heterocycles. The zero-order valence-corrected chi connectivity index (χ0v) is 15.0. The van der Waals surface area contributed by atoms with Crippen molar-refractivity contribution in [3.8, 4) is 0 Å². The lowest BCUT2D eigenvalue weighted by molar-refractivity contribution is 0.0276. The fourth-order valence-electron chi connectivity index (χ4n) is 3.56. The maximum Gasteiger partial charge on any atom is 0.275 e. The van der Waals surface area contributed by atoms with Crippen LogP contribution in [0.4, 0.5) is 0 Å². The summed E-state index contributed by atoms with van der Waals surface area (Å²) in [6.07, 6.45) is 2.10. The van der Waals surface area contributed by atoms with Gasteiger partial charge in [-0.2, -0.15) is 5.10 Å². The van der Waals surface area contributed by atoms with Crippen LogP contribution in [0.15, 0.2) is 29.1 Å². The number of hydrogen-bond acceptors (Lipinski definition) is 4. The molecule has 6 nitrogen and oxygen atoms in total. The maximum atomic E-state index is 13.3. The minimum absolute atomic E-state index is 0.141. The largest absolute Gasteiger partial charge is 0.391 e. The molecule has 2 heterocycles. The van der Waals surface area contributed by atoms with Crippen molar-refractivity contribution >= 4 is 16.7 Å². The van der Waals surface area contributed by atoms with E-state index in [1.807, 2.05) is 19.9 Å². The molecule has 1 aliphatic heterocycles. The van der Waals surface area contributed by atoms with Crippen LogP contribution < -0.4 is 5.56 Å². The first kappa shape index (κ1) is 17.6. The Hall–Kier alpha value is -2.21. The lowest BCUT2D eigenvalue weighted by atomic mass is 9.97. The van der Waals surface area contributed by atoms with Crippen molar-refractivity contribution in [2.45, 2.75) is 58.2 Å². The van der Waals surface area contributed by atoms with E-state index in [4.69, 9.17) is 0 Å². The molecule has 1 aliphatic rings. The predicted octanol–water partition coefficient (Wildman–Crippen LogP) is 2.35. The molecule has 0 aliphatic carbocycles. The van der Waals surface area contributed by atoms with Gasteiger partial charge in [-0.15, -0.1) is 0 Å². The Bertz CT molecular complexity index is 841. The number of fused-ring (bicyclic) bond motifs is 1. The van der Waals surface area contributed by atoms with Gasteiger partial charge in [0.05, 0.1) is 23.6 Å². The van der Waals surface area contributed by atoms with Crippen LogP contribution in [0.1, 0.15) is 56.6 Å². The first-order valence-electron chi connectivity index (χ1n) is 8.92. The van der Waals surface area contributed by atoms with E-state index in [0.717, 1.165) is 19.3 Å². The van der Waals surface area contributed by atoms with Crippen molar-refractivity contribution in [1.82, 2.24) is 14.7 Å². The minimum atomic E-state index is -0.591. The number of aliphatic hydroxyl groups is 1. The third-order valence-corrected chi connectivity index (χ3v) is 4.89. The van der Waals surface area contributed by atoms with Crippen molar-refractivity contribution in [2.75, 3.05) is 6.54 Å². The van der Waals surface area contributed by atoms with Gasteiger partial charge >= 0.3 is 0 Å². The summed E-state index contributed by atoms with van der Waals surface area (Å²) in [6, 6.07) is 6.75. The number of carbonyl (C=O) groups is 1. The fraction of sp³-hybridized carbons (Fsp3) is 0.526. The van der Waals surface area contributed by atoms with Gasteiger partial charge < -0.3 is 10.0 Å². The van der Waals surface area contributed by atoms with Gasteiger partial charge in [-0.25, -0.2) is 4.68 Å². The molecular formula is C19H25N3O3. The zero-order valence-electron chi connectivity index (χ0n) is 15.0. The highest BCUT2D eigenvalue weighted by molar-refractivity contribution is 6.04. The highest BCUT2D eigenvalue weighted by atomic mass is 16.3. The summed E-state index contributed by atoms with van der Waals surface area (Å²) in [5, 5.41) is 15.5. The van der Waals surface area contributed by atoms with E-state index >= 15 is 0 Å². The van der Waals surface area contributed by atoms with Crippen molar-refractivity contribution < 1.29 is 9.90 Å². The number of nitrogens with zero attached hydrogens (tertiary/aromatic N) is 3. The Morgan fingerprint density at radius 1 is 1.20 bits per heavy atom. The van der Waals surface area contributed by atoms with Gasteiger partial charge in [0.25, 0.3) is 11.5 Å². The normalized spacial score (nSPS) is 19.4. The predicted molar refractivity (Wildman–Crippen MR) is 96.7 cm³/mol. The molecule has 2 unspecified atom stereocenters. The number of piperidine rings is 1. The number of aliphatic hydroxyl groups excluding tert-OH is 1. The second-order valence-electron chi connectivity index (χ2n) is 7.04. The van der Waals surface area contributed by atoms with Gasteiger partial charge in [0.2, 0.25) is 0 Å². The quantitative estimate of drug-likeness (QED) is 0.928. The van der Waals surface area contributed by atoms with Crippen LogP contribution in [0.25, 0.3) is 10.8 Å². The van der Waals surface area contributed by atoms with E-state index in [9.17, 15) is 14.7 Å². The Morgan fingerprint density at radius 3 is 2.52 bits per heavy atom. The summed E-state index contributed by atoms with van der Waals surface area (Å²) in [5.41, 5.74) is 0.101. The third kappa shape index (κ3) is 3.18. The molecule has 1 aromatic carbocycles. The second-order valence-corrected chi connectivity index (χ2v) is 7.04. The molecule has 0 bridgehead atoms.